The lowest BCUT2D eigenvalue weighted by molar-refractivity contribution is -0.393. The third-order valence-corrected chi connectivity index (χ3v) is 4.77. The number of phosphoric acid groups is 1. The van der Waals surface area contributed by atoms with E-state index in [-0.39, 0.29) is 0 Å². The molecule has 15 heteroatoms. The van der Waals surface area contributed by atoms with Crippen LogP contribution >= 0.6 is 7.82 Å². The Labute approximate surface area is 152 Å². The van der Waals surface area contributed by atoms with Gasteiger partial charge in [0.05, 0.1) is 21.0 Å². The first kappa shape index (κ1) is 23.0. The summed E-state index contributed by atoms with van der Waals surface area (Å²) >= 11 is 0. The third-order valence-electron chi connectivity index (χ3n) is 4.28. The van der Waals surface area contributed by atoms with E-state index in [4.69, 9.17) is 19.3 Å². The van der Waals surface area contributed by atoms with Crippen molar-refractivity contribution in [1.82, 2.24) is 0 Å². The number of rotatable bonds is 7. The van der Waals surface area contributed by atoms with E-state index in [0.29, 0.717) is 0 Å². The highest BCUT2D eigenvalue weighted by Gasteiger charge is 2.59. The van der Waals surface area contributed by atoms with Crippen molar-refractivity contribution in [2.75, 3.05) is 19.8 Å². The molecule has 27 heavy (non-hydrogen) atoms. The molecule has 7 N–H and O–H groups in total. The van der Waals surface area contributed by atoms with Gasteiger partial charge in [0, 0.05) is 0 Å². The molecule has 0 amide bonds. The van der Waals surface area contributed by atoms with Crippen LogP contribution in [0.15, 0.2) is 0 Å². The van der Waals surface area contributed by atoms with Gasteiger partial charge in [0.15, 0.2) is 6.29 Å². The zero-order valence-corrected chi connectivity index (χ0v) is 14.6. The predicted octanol–water partition coefficient (Wildman–Crippen LogP) is -6.54. The van der Waals surface area contributed by atoms with E-state index < -0.39 is 82.4 Å². The van der Waals surface area contributed by atoms with Crippen LogP contribution in [0, 0.1) is 0 Å². The minimum absolute atomic E-state index is 0.810. The van der Waals surface area contributed by atoms with Gasteiger partial charge in [-0.3, -0.25) is 0 Å². The van der Waals surface area contributed by atoms with Gasteiger partial charge in [-0.05, 0) is 0 Å². The lowest BCUT2D eigenvalue weighted by Gasteiger charge is -2.45. The summed E-state index contributed by atoms with van der Waals surface area (Å²) in [6.45, 7) is -2.93. The second kappa shape index (κ2) is 8.61. The molecule has 2 heterocycles. The van der Waals surface area contributed by atoms with E-state index in [1.54, 1.807) is 0 Å². The van der Waals surface area contributed by atoms with E-state index in [0.717, 1.165) is 0 Å². The second-order valence-electron chi connectivity index (χ2n) is 6.09. The molecule has 0 spiro atoms. The molecule has 0 aromatic heterocycles. The molecule has 160 valence electrons. The Bertz CT molecular complexity index is 540. The monoisotopic (exact) mass is 420 g/mol. The largest absolute Gasteiger partial charge is 0.790 e. The first-order chi connectivity index (χ1) is 12.5. The molecule has 0 aliphatic carbocycles. The molecular formula is C12H21O14P-2. The fourth-order valence-corrected chi connectivity index (χ4v) is 3.46. The zero-order chi connectivity index (χ0) is 20.6. The van der Waals surface area contributed by atoms with Crippen LogP contribution in [-0.4, -0.2) is 110 Å². The van der Waals surface area contributed by atoms with E-state index in [9.17, 15) is 45.0 Å². The number of phosphoric ester groups is 1. The van der Waals surface area contributed by atoms with Crippen molar-refractivity contribution in [3.8, 4) is 0 Å². The number of aliphatic hydroxyl groups is 7. The summed E-state index contributed by atoms with van der Waals surface area (Å²) in [5, 5.41) is 67.5. The van der Waals surface area contributed by atoms with Crippen molar-refractivity contribution in [2.24, 2.45) is 0 Å². The van der Waals surface area contributed by atoms with Crippen LogP contribution in [0.4, 0.5) is 0 Å². The van der Waals surface area contributed by atoms with Gasteiger partial charge in [-0.15, -0.1) is 0 Å². The molecule has 2 fully saturated rings. The van der Waals surface area contributed by atoms with Crippen molar-refractivity contribution >= 4 is 7.82 Å². The number of ether oxygens (including phenoxy) is 3. The lowest BCUT2D eigenvalue weighted by atomic mass is 9.99. The van der Waals surface area contributed by atoms with E-state index in [1.807, 2.05) is 0 Å². The summed E-state index contributed by atoms with van der Waals surface area (Å²) in [5.41, 5.74) is 0. The smallest absolute Gasteiger partial charge is 0.224 e. The molecule has 9 atom stereocenters. The summed E-state index contributed by atoms with van der Waals surface area (Å²) in [7, 11) is -5.74. The van der Waals surface area contributed by atoms with Crippen LogP contribution in [0.5, 0.6) is 0 Å². The Kier molecular flexibility index (Phi) is 7.33. The van der Waals surface area contributed by atoms with Crippen LogP contribution in [0.3, 0.4) is 0 Å². The maximum Gasteiger partial charge on any atom is 0.224 e. The maximum absolute atomic E-state index is 11.0. The fraction of sp³-hybridized carbons (Fsp3) is 1.00. The van der Waals surface area contributed by atoms with Crippen molar-refractivity contribution in [3.05, 3.63) is 0 Å². The SMILES string of the molecule is O=P([O-])([O-])O[C@H]1[C@H](O)[C@@H](CO)O[C@@]1(CO)O[C@H]1O[C@H](CO)[C@@H](O)[C@H](O)[C@H]1O. The molecule has 0 radical (unpaired) electrons. The highest BCUT2D eigenvalue weighted by Crippen LogP contribution is 2.42. The molecular weight excluding hydrogens is 399 g/mol. The predicted molar refractivity (Wildman–Crippen MR) is 75.1 cm³/mol. The van der Waals surface area contributed by atoms with Crippen molar-refractivity contribution < 1.29 is 68.8 Å². The maximum atomic E-state index is 11.0. The standard InChI is InChI=1S/C12H23O14P/c13-1-4-6(16)8(18)9(19)11(23-4)25-12(3-15)10(26-27(20,21)22)7(17)5(2-14)24-12/h4-11,13-19H,1-3H2,(H2,20,21,22)/p-2/t4-,5-,6-,7-,8+,9-,10+,11-,12+/m1/s1. The van der Waals surface area contributed by atoms with Gasteiger partial charge in [-0.2, -0.15) is 0 Å². The summed E-state index contributed by atoms with van der Waals surface area (Å²) in [6, 6.07) is 0. The van der Waals surface area contributed by atoms with E-state index >= 15 is 0 Å². The number of hydrogen-bond donors (Lipinski definition) is 7. The normalized spacial score (nSPS) is 46.0. The average molecular weight is 420 g/mol. The quantitative estimate of drug-likeness (QED) is 0.189. The van der Waals surface area contributed by atoms with E-state index in [1.165, 1.54) is 0 Å². The Morgan fingerprint density at radius 1 is 0.926 bits per heavy atom. The first-order valence-corrected chi connectivity index (χ1v) is 9.22. The Hall–Kier alpha value is -0.290. The Balaban J connectivity index is 2.31. The summed E-state index contributed by atoms with van der Waals surface area (Å²) in [6.07, 6.45) is -14.5. The molecule has 2 rings (SSSR count). The highest BCUT2D eigenvalue weighted by atomic mass is 31.2. The van der Waals surface area contributed by atoms with E-state index in [2.05, 4.69) is 4.52 Å². The average Bonchev–Trinajstić information content (AvgIpc) is 2.86. The Morgan fingerprint density at radius 2 is 1.52 bits per heavy atom. The van der Waals surface area contributed by atoms with Crippen LogP contribution in [-0.2, 0) is 23.3 Å². The van der Waals surface area contributed by atoms with Gasteiger partial charge >= 0.3 is 0 Å². The minimum atomic E-state index is -5.74. The molecule has 2 aliphatic rings. The van der Waals surface area contributed by atoms with Crippen LogP contribution < -0.4 is 9.79 Å². The molecule has 0 bridgehead atoms. The van der Waals surface area contributed by atoms with Crippen molar-refractivity contribution in [1.29, 1.82) is 0 Å². The second-order valence-corrected chi connectivity index (χ2v) is 7.19. The topological polar surface area (TPSA) is 242 Å². The molecule has 0 saturated carbocycles. The van der Waals surface area contributed by atoms with Gasteiger partial charge in [0.2, 0.25) is 5.79 Å². The lowest BCUT2D eigenvalue weighted by Crippen LogP contribution is -2.63. The molecule has 0 unspecified atom stereocenters. The summed E-state index contributed by atoms with van der Waals surface area (Å²) in [5.74, 6) is -2.61. The van der Waals surface area contributed by atoms with Crippen LogP contribution in [0.1, 0.15) is 0 Å². The molecule has 2 saturated heterocycles. The third kappa shape index (κ3) is 4.66. The van der Waals surface area contributed by atoms with Gasteiger partial charge in [0.1, 0.15) is 49.3 Å². The summed E-state index contributed by atoms with van der Waals surface area (Å²) in [4.78, 5) is 22.0. The van der Waals surface area contributed by atoms with Crippen molar-refractivity contribution in [2.45, 2.75) is 54.8 Å². The molecule has 0 aromatic carbocycles. The first-order valence-electron chi connectivity index (χ1n) is 7.76. The number of aliphatic hydroxyl groups excluding tert-OH is 7. The summed E-state index contributed by atoms with van der Waals surface area (Å²) < 4.78 is 30.5. The zero-order valence-electron chi connectivity index (χ0n) is 13.7. The van der Waals surface area contributed by atoms with Gasteiger partial charge < -0.3 is 68.8 Å². The number of hydrogen-bond acceptors (Lipinski definition) is 14. The van der Waals surface area contributed by atoms with Crippen LogP contribution in [0.25, 0.3) is 0 Å². The Morgan fingerprint density at radius 3 is 2.00 bits per heavy atom. The van der Waals surface area contributed by atoms with Gasteiger partial charge in [0.25, 0.3) is 0 Å². The van der Waals surface area contributed by atoms with Crippen LogP contribution in [0.2, 0.25) is 0 Å². The fourth-order valence-electron chi connectivity index (χ4n) is 2.90. The van der Waals surface area contributed by atoms with Gasteiger partial charge in [-0.25, -0.2) is 0 Å². The van der Waals surface area contributed by atoms with Crippen molar-refractivity contribution in [3.63, 3.8) is 0 Å². The molecule has 0 aromatic rings. The highest BCUT2D eigenvalue weighted by molar-refractivity contribution is 7.43. The molecule has 14 nitrogen and oxygen atoms in total. The minimum Gasteiger partial charge on any atom is -0.790 e. The molecule has 2 aliphatic heterocycles. The van der Waals surface area contributed by atoms with Gasteiger partial charge in [-0.1, -0.05) is 0 Å².